The van der Waals surface area contributed by atoms with Gasteiger partial charge in [0.05, 0.1) is 6.10 Å². The number of amides is 1. The monoisotopic (exact) mass is 431 g/mol. The quantitative estimate of drug-likeness (QED) is 0.616. The lowest BCUT2D eigenvalue weighted by Crippen LogP contribution is -2.47. The summed E-state index contributed by atoms with van der Waals surface area (Å²) in [7, 11) is 0. The number of aliphatic hydroxyl groups excluding tert-OH is 1. The molecule has 31 heavy (non-hydrogen) atoms. The molecule has 1 unspecified atom stereocenters. The summed E-state index contributed by atoms with van der Waals surface area (Å²) in [6.07, 6.45) is 6.96. The molecule has 2 heterocycles. The highest BCUT2D eigenvalue weighted by Crippen LogP contribution is 2.27. The van der Waals surface area contributed by atoms with Crippen molar-refractivity contribution in [2.45, 2.75) is 83.8 Å². The average molecular weight is 432 g/mol. The second-order valence-corrected chi connectivity index (χ2v) is 10.5. The molecule has 1 saturated carbocycles. The van der Waals surface area contributed by atoms with Crippen molar-refractivity contribution >= 4 is 12.2 Å². The van der Waals surface area contributed by atoms with Crippen molar-refractivity contribution in [2.75, 3.05) is 37.6 Å². The maximum Gasteiger partial charge on any atom is 0.207 e. The van der Waals surface area contributed by atoms with Gasteiger partial charge in [0.2, 0.25) is 6.41 Å². The molecule has 1 aromatic rings. The Hall–Kier alpha value is -1.73. The molecular formula is C24H41N5O2. The van der Waals surface area contributed by atoms with Crippen LogP contribution < -0.4 is 10.2 Å². The third kappa shape index (κ3) is 7.14. The maximum absolute atomic E-state index is 10.6. The van der Waals surface area contributed by atoms with Crippen LogP contribution in [0, 0.1) is 5.92 Å². The Balaban J connectivity index is 1.51. The number of aliphatic hydroxyl groups is 1. The normalized spacial score (nSPS) is 24.1. The summed E-state index contributed by atoms with van der Waals surface area (Å²) in [4.78, 5) is 25.2. The fourth-order valence-corrected chi connectivity index (χ4v) is 4.67. The fraction of sp³-hybridized carbons (Fsp3) is 0.792. The van der Waals surface area contributed by atoms with Gasteiger partial charge in [0, 0.05) is 55.8 Å². The Bertz CT molecular complexity index is 702. The summed E-state index contributed by atoms with van der Waals surface area (Å²) in [5, 5.41) is 12.8. The molecule has 7 nitrogen and oxygen atoms in total. The molecule has 1 aliphatic heterocycles. The Morgan fingerprint density at radius 3 is 2.42 bits per heavy atom. The number of piperazine rings is 1. The second-order valence-electron chi connectivity index (χ2n) is 10.5. The lowest BCUT2D eigenvalue weighted by Gasteiger charge is -2.37. The van der Waals surface area contributed by atoms with Gasteiger partial charge in [-0.05, 0) is 51.5 Å². The molecule has 7 heteroatoms. The number of carbonyl (C=O) groups is 1. The number of nitrogens with one attached hydrogen (secondary N) is 1. The number of carbonyl (C=O) groups excluding carboxylic acids is 1. The number of hydrogen-bond acceptors (Lipinski definition) is 6. The molecular weight excluding hydrogens is 390 g/mol. The van der Waals surface area contributed by atoms with Crippen molar-refractivity contribution in [3.05, 3.63) is 17.6 Å². The minimum atomic E-state index is -0.406. The zero-order valence-electron chi connectivity index (χ0n) is 19.8. The minimum Gasteiger partial charge on any atom is -0.393 e. The zero-order valence-corrected chi connectivity index (χ0v) is 19.8. The average Bonchev–Trinajstić information content (AvgIpc) is 2.72. The van der Waals surface area contributed by atoms with Crippen LogP contribution in [0.4, 0.5) is 5.82 Å². The minimum absolute atomic E-state index is 0.120. The first kappa shape index (κ1) is 23.9. The maximum atomic E-state index is 10.6. The Morgan fingerprint density at radius 2 is 1.84 bits per heavy atom. The predicted molar refractivity (Wildman–Crippen MR) is 124 cm³/mol. The standard InChI is InChI=1S/C24H41N5O2/c1-18(31)15-21-16-22(27-23(26-21)24(2,3)4)29-13-11-28(12-14-29)10-9-19-5-7-20(8-6-19)25-17-30/h16-20,31H,5-15H2,1-4H3,(H,25,30). The highest BCUT2D eigenvalue weighted by Gasteiger charge is 2.25. The molecule has 3 rings (SSSR count). The van der Waals surface area contributed by atoms with Gasteiger partial charge in [-0.1, -0.05) is 20.8 Å². The number of aromatic nitrogens is 2. The summed E-state index contributed by atoms with van der Waals surface area (Å²) in [6.45, 7) is 13.5. The van der Waals surface area contributed by atoms with Gasteiger partial charge in [-0.25, -0.2) is 9.97 Å². The van der Waals surface area contributed by atoms with E-state index in [4.69, 9.17) is 9.97 Å². The molecule has 1 aromatic heterocycles. The van der Waals surface area contributed by atoms with Crippen molar-refractivity contribution in [1.29, 1.82) is 0 Å². The van der Waals surface area contributed by atoms with Gasteiger partial charge in [0.15, 0.2) is 0 Å². The van der Waals surface area contributed by atoms with Crippen LogP contribution in [-0.2, 0) is 16.6 Å². The van der Waals surface area contributed by atoms with E-state index in [2.05, 4.69) is 42.0 Å². The molecule has 2 N–H and O–H groups in total. The Kier molecular flexibility index (Phi) is 8.28. The van der Waals surface area contributed by atoms with Gasteiger partial charge in [-0.15, -0.1) is 0 Å². The first-order valence-electron chi connectivity index (χ1n) is 12.0. The van der Waals surface area contributed by atoms with E-state index in [9.17, 15) is 9.90 Å². The molecule has 0 bridgehead atoms. The third-order valence-corrected chi connectivity index (χ3v) is 6.64. The molecule has 0 aromatic carbocycles. The SMILES string of the molecule is CC(O)Cc1cc(N2CCN(CCC3CCC(NC=O)CC3)CC2)nc(C(C)(C)C)n1. The van der Waals surface area contributed by atoms with Gasteiger partial charge < -0.3 is 15.3 Å². The molecule has 2 aliphatic rings. The van der Waals surface area contributed by atoms with E-state index in [0.29, 0.717) is 12.5 Å². The summed E-state index contributed by atoms with van der Waals surface area (Å²) in [5.74, 6) is 2.64. The molecule has 0 radical (unpaired) electrons. The van der Waals surface area contributed by atoms with E-state index < -0.39 is 6.10 Å². The van der Waals surface area contributed by atoms with Crippen LogP contribution in [0.5, 0.6) is 0 Å². The highest BCUT2D eigenvalue weighted by atomic mass is 16.3. The van der Waals surface area contributed by atoms with Gasteiger partial charge in [-0.3, -0.25) is 9.69 Å². The van der Waals surface area contributed by atoms with Gasteiger partial charge in [0.25, 0.3) is 0 Å². The van der Waals surface area contributed by atoms with Crippen LogP contribution >= 0.6 is 0 Å². The van der Waals surface area contributed by atoms with Crippen LogP contribution in [0.25, 0.3) is 0 Å². The van der Waals surface area contributed by atoms with E-state index in [1.807, 2.05) is 6.92 Å². The van der Waals surface area contributed by atoms with Crippen molar-refractivity contribution in [3.63, 3.8) is 0 Å². The zero-order chi connectivity index (χ0) is 22.4. The van der Waals surface area contributed by atoms with E-state index in [1.165, 1.54) is 19.3 Å². The number of rotatable bonds is 8. The first-order chi connectivity index (χ1) is 14.7. The number of nitrogens with zero attached hydrogens (tertiary/aromatic N) is 4. The molecule has 1 atom stereocenters. The van der Waals surface area contributed by atoms with Gasteiger partial charge in [0.1, 0.15) is 11.6 Å². The summed E-state index contributed by atoms with van der Waals surface area (Å²) in [6, 6.07) is 2.45. The van der Waals surface area contributed by atoms with E-state index in [0.717, 1.165) is 75.2 Å². The molecule has 1 amide bonds. The lowest BCUT2D eigenvalue weighted by atomic mass is 9.84. The topological polar surface area (TPSA) is 81.6 Å². The van der Waals surface area contributed by atoms with E-state index >= 15 is 0 Å². The lowest BCUT2D eigenvalue weighted by molar-refractivity contribution is -0.110. The van der Waals surface area contributed by atoms with Gasteiger partial charge >= 0.3 is 0 Å². The smallest absolute Gasteiger partial charge is 0.207 e. The molecule has 1 saturated heterocycles. The summed E-state index contributed by atoms with van der Waals surface area (Å²) in [5.41, 5.74) is 0.804. The Labute approximate surface area is 187 Å². The predicted octanol–water partition coefficient (Wildman–Crippen LogP) is 2.51. The van der Waals surface area contributed by atoms with Crippen molar-refractivity contribution in [2.24, 2.45) is 5.92 Å². The summed E-state index contributed by atoms with van der Waals surface area (Å²) < 4.78 is 0. The number of anilines is 1. The van der Waals surface area contributed by atoms with Crippen LogP contribution in [0.15, 0.2) is 6.07 Å². The van der Waals surface area contributed by atoms with Crippen molar-refractivity contribution in [3.8, 4) is 0 Å². The molecule has 2 fully saturated rings. The highest BCUT2D eigenvalue weighted by molar-refractivity contribution is 5.46. The van der Waals surface area contributed by atoms with E-state index in [-0.39, 0.29) is 5.41 Å². The molecule has 0 spiro atoms. The first-order valence-corrected chi connectivity index (χ1v) is 12.0. The molecule has 174 valence electrons. The van der Waals surface area contributed by atoms with Crippen molar-refractivity contribution in [1.82, 2.24) is 20.2 Å². The molecule has 1 aliphatic carbocycles. The third-order valence-electron chi connectivity index (χ3n) is 6.64. The number of hydrogen-bond donors (Lipinski definition) is 2. The van der Waals surface area contributed by atoms with Crippen LogP contribution in [0.1, 0.15) is 71.3 Å². The second kappa shape index (κ2) is 10.7. The van der Waals surface area contributed by atoms with Crippen molar-refractivity contribution < 1.29 is 9.90 Å². The largest absolute Gasteiger partial charge is 0.393 e. The van der Waals surface area contributed by atoms with Crippen LogP contribution in [0.2, 0.25) is 0 Å². The van der Waals surface area contributed by atoms with Crippen LogP contribution in [-0.4, -0.2) is 71.3 Å². The van der Waals surface area contributed by atoms with E-state index in [1.54, 1.807) is 0 Å². The summed E-state index contributed by atoms with van der Waals surface area (Å²) >= 11 is 0. The fourth-order valence-electron chi connectivity index (χ4n) is 4.67. The Morgan fingerprint density at radius 1 is 1.16 bits per heavy atom. The van der Waals surface area contributed by atoms with Crippen LogP contribution in [0.3, 0.4) is 0 Å². The van der Waals surface area contributed by atoms with Gasteiger partial charge in [-0.2, -0.15) is 0 Å².